The Hall–Kier alpha value is -3.91. The highest BCUT2D eigenvalue weighted by Gasteiger charge is 2.16. The van der Waals surface area contributed by atoms with Crippen LogP contribution in [-0.2, 0) is 0 Å². The highest BCUT2D eigenvalue weighted by molar-refractivity contribution is 5.90. The molecule has 0 saturated carbocycles. The van der Waals surface area contributed by atoms with E-state index >= 15 is 0 Å². The molecule has 0 unspecified atom stereocenters. The summed E-state index contributed by atoms with van der Waals surface area (Å²) in [4.78, 5) is 23.2. The molecule has 32 heavy (non-hydrogen) atoms. The van der Waals surface area contributed by atoms with Gasteiger partial charge in [0.05, 0.1) is 23.7 Å². The average molecular weight is 425 g/mol. The highest BCUT2D eigenvalue weighted by Crippen LogP contribution is 2.33. The maximum Gasteiger partial charge on any atom is 0.157 e. The molecule has 3 N–H and O–H groups in total. The Morgan fingerprint density at radius 3 is 2.59 bits per heavy atom. The first-order valence-electron chi connectivity index (χ1n) is 10.7. The minimum Gasteiger partial charge on any atom is -0.494 e. The smallest absolute Gasteiger partial charge is 0.157 e. The van der Waals surface area contributed by atoms with Gasteiger partial charge in [-0.2, -0.15) is 0 Å². The number of benzene rings is 2. The molecular formula is C24H23N7O. The zero-order valence-corrected chi connectivity index (χ0v) is 17.7. The summed E-state index contributed by atoms with van der Waals surface area (Å²) in [5.41, 5.74) is 6.55. The number of imidazole rings is 2. The van der Waals surface area contributed by atoms with Gasteiger partial charge in [-0.1, -0.05) is 6.07 Å². The molecule has 1 aliphatic rings. The van der Waals surface area contributed by atoms with Crippen LogP contribution in [0.15, 0.2) is 54.7 Å². The molecular weight excluding hydrogens is 402 g/mol. The van der Waals surface area contributed by atoms with Crippen molar-refractivity contribution < 1.29 is 4.74 Å². The summed E-state index contributed by atoms with van der Waals surface area (Å²) in [6.07, 6.45) is 1.76. The summed E-state index contributed by atoms with van der Waals surface area (Å²) >= 11 is 0. The van der Waals surface area contributed by atoms with Crippen molar-refractivity contribution in [1.29, 1.82) is 0 Å². The van der Waals surface area contributed by atoms with E-state index in [4.69, 9.17) is 14.7 Å². The summed E-state index contributed by atoms with van der Waals surface area (Å²) in [7, 11) is 1.66. The third kappa shape index (κ3) is 3.25. The molecule has 8 heteroatoms. The lowest BCUT2D eigenvalue weighted by Crippen LogP contribution is -2.43. The number of anilines is 1. The molecule has 5 aromatic rings. The third-order valence-electron chi connectivity index (χ3n) is 5.90. The molecule has 4 heterocycles. The number of fused-ring (bicyclic) bond motifs is 2. The number of hydrogen-bond acceptors (Lipinski definition) is 6. The molecule has 1 saturated heterocycles. The molecule has 0 spiro atoms. The lowest BCUT2D eigenvalue weighted by Gasteiger charge is -2.29. The maximum atomic E-state index is 5.65. The molecule has 0 amide bonds. The third-order valence-corrected chi connectivity index (χ3v) is 5.90. The molecule has 0 bridgehead atoms. The zero-order valence-electron chi connectivity index (χ0n) is 17.7. The van der Waals surface area contributed by atoms with Gasteiger partial charge in [0, 0.05) is 43.6 Å². The Kier molecular flexibility index (Phi) is 4.50. The number of H-pyrrole nitrogens is 2. The topological polar surface area (TPSA) is 94.8 Å². The van der Waals surface area contributed by atoms with Crippen LogP contribution in [0.1, 0.15) is 0 Å². The van der Waals surface area contributed by atoms with Crippen molar-refractivity contribution in [3.8, 4) is 28.7 Å². The monoisotopic (exact) mass is 425 g/mol. The van der Waals surface area contributed by atoms with Gasteiger partial charge in [0.25, 0.3) is 0 Å². The number of pyridine rings is 1. The Morgan fingerprint density at radius 1 is 0.906 bits per heavy atom. The lowest BCUT2D eigenvalue weighted by atomic mass is 10.1. The largest absolute Gasteiger partial charge is 0.494 e. The van der Waals surface area contributed by atoms with Crippen molar-refractivity contribution in [2.75, 3.05) is 38.2 Å². The second-order valence-electron chi connectivity index (χ2n) is 7.90. The first-order chi connectivity index (χ1) is 15.8. The molecule has 6 rings (SSSR count). The minimum atomic E-state index is 0.692. The Balaban J connectivity index is 1.41. The van der Waals surface area contributed by atoms with Crippen LogP contribution in [0.25, 0.3) is 45.0 Å². The van der Waals surface area contributed by atoms with Gasteiger partial charge in [-0.25, -0.2) is 9.97 Å². The Labute approximate surface area is 184 Å². The van der Waals surface area contributed by atoms with Gasteiger partial charge < -0.3 is 24.9 Å². The van der Waals surface area contributed by atoms with Crippen molar-refractivity contribution in [3.63, 3.8) is 0 Å². The van der Waals surface area contributed by atoms with Crippen LogP contribution in [0.4, 0.5) is 5.69 Å². The van der Waals surface area contributed by atoms with E-state index in [1.807, 2.05) is 30.3 Å². The van der Waals surface area contributed by atoms with Gasteiger partial charge in [0.1, 0.15) is 22.8 Å². The summed E-state index contributed by atoms with van der Waals surface area (Å²) in [6, 6.07) is 16.2. The SMILES string of the molecule is COc1cc(-c2nc3ccc(N4CCNCC4)cc3[nH]2)cc2[nH]c(-c3ccccn3)nc12. The summed E-state index contributed by atoms with van der Waals surface area (Å²) in [5.74, 6) is 2.20. The molecule has 2 aromatic carbocycles. The number of nitrogens with one attached hydrogen (secondary N) is 3. The molecule has 0 atom stereocenters. The maximum absolute atomic E-state index is 5.65. The number of rotatable bonds is 4. The average Bonchev–Trinajstić information content (AvgIpc) is 3.48. The normalized spacial score (nSPS) is 14.3. The van der Waals surface area contributed by atoms with Crippen LogP contribution in [0.5, 0.6) is 5.75 Å². The predicted molar refractivity (Wildman–Crippen MR) is 126 cm³/mol. The minimum absolute atomic E-state index is 0.692. The van der Waals surface area contributed by atoms with E-state index in [1.54, 1.807) is 13.3 Å². The molecule has 8 nitrogen and oxygen atoms in total. The van der Waals surface area contributed by atoms with Gasteiger partial charge in [0.2, 0.25) is 0 Å². The van der Waals surface area contributed by atoms with Crippen LogP contribution in [-0.4, -0.2) is 58.2 Å². The fraction of sp³-hybridized carbons (Fsp3) is 0.208. The lowest BCUT2D eigenvalue weighted by molar-refractivity contribution is 0.419. The van der Waals surface area contributed by atoms with Crippen molar-refractivity contribution in [3.05, 3.63) is 54.7 Å². The van der Waals surface area contributed by atoms with Crippen LogP contribution in [0, 0.1) is 0 Å². The predicted octanol–water partition coefficient (Wildman–Crippen LogP) is 3.59. The van der Waals surface area contributed by atoms with E-state index in [-0.39, 0.29) is 0 Å². The van der Waals surface area contributed by atoms with Gasteiger partial charge in [-0.15, -0.1) is 0 Å². The second-order valence-corrected chi connectivity index (χ2v) is 7.90. The molecule has 1 fully saturated rings. The molecule has 1 aliphatic heterocycles. The molecule has 160 valence electrons. The number of hydrogen-bond donors (Lipinski definition) is 3. The van der Waals surface area contributed by atoms with Gasteiger partial charge >= 0.3 is 0 Å². The fourth-order valence-electron chi connectivity index (χ4n) is 4.26. The number of piperazine rings is 1. The van der Waals surface area contributed by atoms with Gasteiger partial charge in [-0.05, 0) is 42.5 Å². The van der Waals surface area contributed by atoms with E-state index in [9.17, 15) is 0 Å². The van der Waals surface area contributed by atoms with Crippen molar-refractivity contribution in [2.24, 2.45) is 0 Å². The van der Waals surface area contributed by atoms with Crippen LogP contribution in [0.3, 0.4) is 0 Å². The summed E-state index contributed by atoms with van der Waals surface area (Å²) in [6.45, 7) is 4.05. The second kappa shape index (κ2) is 7.65. The molecule has 3 aromatic heterocycles. The highest BCUT2D eigenvalue weighted by atomic mass is 16.5. The number of aromatic amines is 2. The molecule has 0 radical (unpaired) electrons. The van der Waals surface area contributed by atoms with E-state index in [2.05, 4.69) is 43.4 Å². The number of aromatic nitrogens is 5. The number of ether oxygens (including phenoxy) is 1. The standard InChI is InChI=1S/C24H23N7O/c1-32-21-13-15(12-20-22(21)30-24(29-20)18-4-2-3-7-26-18)23-27-17-6-5-16(14-19(17)28-23)31-10-8-25-9-11-31/h2-7,12-14,25H,8-11H2,1H3,(H,27,28)(H,29,30). The van der Waals surface area contributed by atoms with Crippen molar-refractivity contribution in [1.82, 2.24) is 30.2 Å². The van der Waals surface area contributed by atoms with Crippen LogP contribution in [0.2, 0.25) is 0 Å². The first-order valence-corrected chi connectivity index (χ1v) is 10.7. The number of nitrogens with zero attached hydrogens (tertiary/aromatic N) is 4. The first kappa shape index (κ1) is 18.8. The van der Waals surface area contributed by atoms with Crippen LogP contribution < -0.4 is 15.0 Å². The van der Waals surface area contributed by atoms with Gasteiger partial charge in [-0.3, -0.25) is 4.98 Å². The number of methoxy groups -OCH3 is 1. The Morgan fingerprint density at radius 2 is 1.78 bits per heavy atom. The zero-order chi connectivity index (χ0) is 21.5. The van der Waals surface area contributed by atoms with E-state index in [0.29, 0.717) is 11.6 Å². The van der Waals surface area contributed by atoms with Crippen molar-refractivity contribution >= 4 is 27.8 Å². The fourth-order valence-corrected chi connectivity index (χ4v) is 4.26. The van der Waals surface area contributed by atoms with E-state index in [1.165, 1.54) is 5.69 Å². The van der Waals surface area contributed by atoms with E-state index < -0.39 is 0 Å². The summed E-state index contributed by atoms with van der Waals surface area (Å²) in [5, 5.41) is 3.40. The van der Waals surface area contributed by atoms with E-state index in [0.717, 1.165) is 65.3 Å². The Bertz CT molecular complexity index is 1400. The molecule has 0 aliphatic carbocycles. The van der Waals surface area contributed by atoms with Crippen molar-refractivity contribution in [2.45, 2.75) is 0 Å². The van der Waals surface area contributed by atoms with Crippen LogP contribution >= 0.6 is 0 Å². The van der Waals surface area contributed by atoms with Gasteiger partial charge in [0.15, 0.2) is 5.82 Å². The quantitative estimate of drug-likeness (QED) is 0.407. The summed E-state index contributed by atoms with van der Waals surface area (Å²) < 4.78 is 5.65.